The van der Waals surface area contributed by atoms with Crippen LogP contribution in [0.4, 0.5) is 4.39 Å². The molecule has 2 nitrogen and oxygen atoms in total. The summed E-state index contributed by atoms with van der Waals surface area (Å²) in [5, 5.41) is 3.45. The second kappa shape index (κ2) is 4.91. The van der Waals surface area contributed by atoms with Crippen LogP contribution in [-0.4, -0.2) is 31.1 Å². The van der Waals surface area contributed by atoms with Gasteiger partial charge in [-0.2, -0.15) is 0 Å². The number of nitrogens with one attached hydrogen (secondary N) is 1. The molecule has 1 atom stereocenters. The minimum absolute atomic E-state index is 0.0938. The van der Waals surface area contributed by atoms with Crippen LogP contribution in [0, 0.1) is 11.2 Å². The highest BCUT2D eigenvalue weighted by Gasteiger charge is 2.40. The minimum atomic E-state index is -0.0938. The van der Waals surface area contributed by atoms with Gasteiger partial charge in [0.05, 0.1) is 0 Å². The fraction of sp³-hybridized carbons (Fsp3) is 0.571. The van der Waals surface area contributed by atoms with Gasteiger partial charge in [0.15, 0.2) is 0 Å². The second-order valence-corrected chi connectivity index (χ2v) is 6.54. The van der Waals surface area contributed by atoms with Gasteiger partial charge < -0.3 is 5.32 Å². The predicted molar refractivity (Wildman–Crippen MR) is 73.9 cm³/mol. The number of benzene rings is 1. The predicted octanol–water partition coefficient (Wildman–Crippen LogP) is 2.77. The number of hydrogen-bond donors (Lipinski definition) is 1. The molecule has 0 aliphatic carbocycles. The zero-order chi connectivity index (χ0) is 12.6. The third-order valence-corrected chi connectivity index (χ3v) is 4.74. The number of likely N-dealkylation sites (tertiary alicyclic amines) is 1. The Morgan fingerprint density at radius 2 is 2.28 bits per heavy atom. The molecule has 0 aromatic heterocycles. The van der Waals surface area contributed by atoms with E-state index in [1.165, 1.54) is 12.8 Å². The van der Waals surface area contributed by atoms with E-state index in [0.29, 0.717) is 5.41 Å². The zero-order valence-corrected chi connectivity index (χ0v) is 12.0. The van der Waals surface area contributed by atoms with E-state index in [-0.39, 0.29) is 5.82 Å². The van der Waals surface area contributed by atoms with E-state index >= 15 is 0 Å². The molecule has 0 amide bonds. The van der Waals surface area contributed by atoms with Crippen molar-refractivity contribution in [3.8, 4) is 0 Å². The van der Waals surface area contributed by atoms with Crippen LogP contribution in [0.1, 0.15) is 18.4 Å². The lowest BCUT2D eigenvalue weighted by atomic mass is 9.86. The molecule has 1 aromatic carbocycles. The molecule has 4 heteroatoms. The van der Waals surface area contributed by atoms with E-state index in [4.69, 9.17) is 0 Å². The van der Waals surface area contributed by atoms with Crippen molar-refractivity contribution in [2.45, 2.75) is 19.4 Å². The quantitative estimate of drug-likeness (QED) is 0.903. The topological polar surface area (TPSA) is 15.3 Å². The summed E-state index contributed by atoms with van der Waals surface area (Å²) in [5.74, 6) is -0.0938. The third-order valence-electron chi connectivity index (χ3n) is 4.25. The fourth-order valence-electron chi connectivity index (χ4n) is 3.21. The first kappa shape index (κ1) is 12.6. The van der Waals surface area contributed by atoms with Gasteiger partial charge in [-0.1, -0.05) is 15.9 Å². The third kappa shape index (κ3) is 2.46. The number of halogens is 2. The van der Waals surface area contributed by atoms with Gasteiger partial charge in [-0.3, -0.25) is 4.90 Å². The molecule has 0 bridgehead atoms. The summed E-state index contributed by atoms with van der Waals surface area (Å²) in [6.45, 7) is 5.19. The monoisotopic (exact) mass is 312 g/mol. The molecule has 2 heterocycles. The van der Waals surface area contributed by atoms with Crippen molar-refractivity contribution in [1.82, 2.24) is 10.2 Å². The smallest absolute Gasteiger partial charge is 0.127 e. The number of nitrogens with zero attached hydrogens (tertiary/aromatic N) is 1. The molecule has 0 radical (unpaired) electrons. The number of rotatable bonds is 2. The molecule has 18 heavy (non-hydrogen) atoms. The van der Waals surface area contributed by atoms with Gasteiger partial charge in [-0.25, -0.2) is 4.39 Å². The molecule has 2 saturated heterocycles. The van der Waals surface area contributed by atoms with Gasteiger partial charge in [0.1, 0.15) is 5.82 Å². The molecule has 2 fully saturated rings. The van der Waals surface area contributed by atoms with Crippen LogP contribution < -0.4 is 5.32 Å². The second-order valence-electron chi connectivity index (χ2n) is 5.62. The van der Waals surface area contributed by atoms with Crippen LogP contribution in [-0.2, 0) is 6.54 Å². The maximum absolute atomic E-state index is 13.7. The first-order valence-corrected chi connectivity index (χ1v) is 7.33. The highest BCUT2D eigenvalue weighted by Crippen LogP contribution is 2.36. The largest absolute Gasteiger partial charge is 0.316 e. The Bertz CT molecular complexity index is 443. The van der Waals surface area contributed by atoms with Crippen LogP contribution >= 0.6 is 15.9 Å². The van der Waals surface area contributed by atoms with Crippen LogP contribution in [0.5, 0.6) is 0 Å². The van der Waals surface area contributed by atoms with Crippen molar-refractivity contribution in [2.24, 2.45) is 5.41 Å². The summed E-state index contributed by atoms with van der Waals surface area (Å²) in [6, 6.07) is 5.20. The lowest BCUT2D eigenvalue weighted by Crippen LogP contribution is -2.29. The Hall–Kier alpha value is -0.450. The van der Waals surface area contributed by atoms with E-state index in [0.717, 1.165) is 42.8 Å². The SMILES string of the molecule is Fc1ccc(Br)cc1CN1CCC2(CCNC2)C1. The molecule has 2 aliphatic heterocycles. The molecule has 2 aliphatic rings. The lowest BCUT2D eigenvalue weighted by Gasteiger charge is -2.23. The summed E-state index contributed by atoms with van der Waals surface area (Å²) in [4.78, 5) is 2.39. The van der Waals surface area contributed by atoms with E-state index in [1.54, 1.807) is 12.1 Å². The highest BCUT2D eigenvalue weighted by molar-refractivity contribution is 9.10. The average molecular weight is 313 g/mol. The van der Waals surface area contributed by atoms with Crippen LogP contribution in [0.15, 0.2) is 22.7 Å². The Morgan fingerprint density at radius 3 is 3.06 bits per heavy atom. The van der Waals surface area contributed by atoms with Crippen LogP contribution in [0.25, 0.3) is 0 Å². The number of hydrogen-bond acceptors (Lipinski definition) is 2. The van der Waals surface area contributed by atoms with Crippen molar-refractivity contribution in [3.63, 3.8) is 0 Å². The highest BCUT2D eigenvalue weighted by atomic mass is 79.9. The molecular weight excluding hydrogens is 295 g/mol. The summed E-state index contributed by atoms with van der Waals surface area (Å²) < 4.78 is 14.7. The summed E-state index contributed by atoms with van der Waals surface area (Å²) in [5.41, 5.74) is 1.26. The molecule has 0 saturated carbocycles. The van der Waals surface area contributed by atoms with Gasteiger partial charge in [-0.15, -0.1) is 0 Å². The standard InChI is InChI=1S/C14H18BrFN2/c15-12-1-2-13(16)11(7-12)8-18-6-4-14(10-18)3-5-17-9-14/h1-2,7,17H,3-6,8-10H2. The van der Waals surface area contributed by atoms with Gasteiger partial charge in [0.2, 0.25) is 0 Å². The normalized spacial score (nSPS) is 28.3. The van der Waals surface area contributed by atoms with Gasteiger partial charge in [-0.05, 0) is 49.5 Å². The Morgan fingerprint density at radius 1 is 1.39 bits per heavy atom. The van der Waals surface area contributed by atoms with Gasteiger partial charge >= 0.3 is 0 Å². The van der Waals surface area contributed by atoms with Gasteiger partial charge in [0.25, 0.3) is 0 Å². The van der Waals surface area contributed by atoms with E-state index in [2.05, 4.69) is 26.1 Å². The molecule has 3 rings (SSSR count). The summed E-state index contributed by atoms with van der Waals surface area (Å²) in [7, 11) is 0. The average Bonchev–Trinajstić information content (AvgIpc) is 2.95. The fourth-order valence-corrected chi connectivity index (χ4v) is 3.62. The molecule has 1 aromatic rings. The zero-order valence-electron chi connectivity index (χ0n) is 10.4. The first-order valence-electron chi connectivity index (χ1n) is 6.54. The summed E-state index contributed by atoms with van der Waals surface area (Å²) in [6.07, 6.45) is 2.51. The Balaban J connectivity index is 1.69. The molecule has 1 N–H and O–H groups in total. The molecule has 1 spiro atoms. The Labute approximate surface area is 116 Å². The minimum Gasteiger partial charge on any atom is -0.316 e. The van der Waals surface area contributed by atoms with E-state index in [1.807, 2.05) is 6.07 Å². The van der Waals surface area contributed by atoms with Crippen molar-refractivity contribution in [1.29, 1.82) is 0 Å². The van der Waals surface area contributed by atoms with E-state index in [9.17, 15) is 4.39 Å². The van der Waals surface area contributed by atoms with Crippen LogP contribution in [0.3, 0.4) is 0 Å². The molecule has 1 unspecified atom stereocenters. The van der Waals surface area contributed by atoms with Crippen molar-refractivity contribution in [3.05, 3.63) is 34.1 Å². The van der Waals surface area contributed by atoms with E-state index < -0.39 is 0 Å². The van der Waals surface area contributed by atoms with Gasteiger partial charge in [0, 0.05) is 29.7 Å². The molecular formula is C14H18BrFN2. The van der Waals surface area contributed by atoms with Crippen LogP contribution in [0.2, 0.25) is 0 Å². The Kier molecular flexibility index (Phi) is 3.43. The lowest BCUT2D eigenvalue weighted by molar-refractivity contribution is 0.266. The van der Waals surface area contributed by atoms with Crippen molar-refractivity contribution in [2.75, 3.05) is 26.2 Å². The van der Waals surface area contributed by atoms with Crippen molar-refractivity contribution >= 4 is 15.9 Å². The maximum Gasteiger partial charge on any atom is 0.127 e. The first-order chi connectivity index (χ1) is 8.67. The maximum atomic E-state index is 13.7. The summed E-state index contributed by atoms with van der Waals surface area (Å²) >= 11 is 3.41. The van der Waals surface area contributed by atoms with Crippen molar-refractivity contribution < 1.29 is 4.39 Å². The molecule has 98 valence electrons.